The molecule has 1 rings (SSSR count). The summed E-state index contributed by atoms with van der Waals surface area (Å²) in [6.07, 6.45) is -3.58. The third-order valence-electron chi connectivity index (χ3n) is 1.70. The predicted octanol–water partition coefficient (Wildman–Crippen LogP) is -0.946. The van der Waals surface area contributed by atoms with Crippen molar-refractivity contribution in [2.45, 2.75) is 31.0 Å². The molecule has 66 valence electrons. The first-order valence-corrected chi connectivity index (χ1v) is 3.94. The van der Waals surface area contributed by atoms with E-state index in [1.54, 1.807) is 0 Å². The van der Waals surface area contributed by atoms with Gasteiger partial charge in [-0.15, -0.1) is 11.6 Å². The number of rotatable bonds is 1. The summed E-state index contributed by atoms with van der Waals surface area (Å²) in [5, 5.41) is 27.2. The van der Waals surface area contributed by atoms with E-state index in [0.717, 1.165) is 0 Å². The van der Waals surface area contributed by atoms with E-state index in [1.165, 1.54) is 0 Å². The molecule has 0 saturated carbocycles. The minimum atomic E-state index is -1.02. The molecule has 11 heavy (non-hydrogen) atoms. The minimum absolute atomic E-state index is 0.0363. The van der Waals surface area contributed by atoms with E-state index < -0.39 is 24.6 Å². The lowest BCUT2D eigenvalue weighted by Crippen LogP contribution is -2.48. The maximum absolute atomic E-state index is 9.18. The molecule has 0 radical (unpaired) electrons. The molecule has 1 heterocycles. The molecular formula is C6H11ClO4. The maximum Gasteiger partial charge on any atom is 0.157 e. The molecule has 5 heteroatoms. The fraction of sp³-hybridized carbons (Fsp3) is 1.00. The fourth-order valence-electron chi connectivity index (χ4n) is 1.06. The van der Waals surface area contributed by atoms with Gasteiger partial charge in [0.2, 0.25) is 0 Å². The van der Waals surface area contributed by atoms with Gasteiger partial charge in [0.05, 0.1) is 12.0 Å². The molecule has 4 unspecified atom stereocenters. The predicted molar refractivity (Wildman–Crippen MR) is 38.2 cm³/mol. The molecule has 0 amide bonds. The van der Waals surface area contributed by atoms with Crippen molar-refractivity contribution in [3.8, 4) is 0 Å². The molecule has 1 aliphatic rings. The quantitative estimate of drug-likeness (QED) is 0.458. The van der Waals surface area contributed by atoms with Crippen LogP contribution in [0.2, 0.25) is 0 Å². The van der Waals surface area contributed by atoms with Crippen molar-refractivity contribution in [3.63, 3.8) is 0 Å². The van der Waals surface area contributed by atoms with E-state index in [9.17, 15) is 5.11 Å². The zero-order chi connectivity index (χ0) is 8.43. The second kappa shape index (κ2) is 3.69. The summed E-state index contributed by atoms with van der Waals surface area (Å²) in [7, 11) is 0. The van der Waals surface area contributed by atoms with E-state index in [-0.39, 0.29) is 12.3 Å². The molecule has 0 aliphatic carbocycles. The van der Waals surface area contributed by atoms with Crippen molar-refractivity contribution >= 4 is 11.6 Å². The topological polar surface area (TPSA) is 69.9 Å². The van der Waals surface area contributed by atoms with Crippen LogP contribution in [0.25, 0.3) is 0 Å². The summed E-state index contributed by atoms with van der Waals surface area (Å²) in [6, 6.07) is 0. The van der Waals surface area contributed by atoms with Crippen molar-refractivity contribution in [1.29, 1.82) is 0 Å². The lowest BCUT2D eigenvalue weighted by molar-refractivity contribution is -0.225. The van der Waals surface area contributed by atoms with Crippen LogP contribution in [0.1, 0.15) is 6.42 Å². The van der Waals surface area contributed by atoms with Gasteiger partial charge in [-0.25, -0.2) is 0 Å². The van der Waals surface area contributed by atoms with Crippen LogP contribution in [0.5, 0.6) is 0 Å². The van der Waals surface area contributed by atoms with Crippen LogP contribution in [0.3, 0.4) is 0 Å². The molecule has 0 bridgehead atoms. The maximum atomic E-state index is 9.18. The van der Waals surface area contributed by atoms with Crippen molar-refractivity contribution < 1.29 is 20.1 Å². The van der Waals surface area contributed by atoms with Gasteiger partial charge in [0.15, 0.2) is 6.29 Å². The van der Waals surface area contributed by atoms with Gasteiger partial charge in [-0.3, -0.25) is 0 Å². The summed E-state index contributed by atoms with van der Waals surface area (Å²) in [4.78, 5) is 0. The summed E-state index contributed by atoms with van der Waals surface area (Å²) in [5.41, 5.74) is 0. The van der Waals surface area contributed by atoms with Crippen molar-refractivity contribution in [1.82, 2.24) is 0 Å². The fourth-order valence-corrected chi connectivity index (χ4v) is 1.31. The Bertz CT molecular complexity index is 132. The largest absolute Gasteiger partial charge is 0.390 e. The van der Waals surface area contributed by atoms with Crippen LogP contribution in [-0.2, 0) is 4.74 Å². The van der Waals surface area contributed by atoms with E-state index in [4.69, 9.17) is 26.6 Å². The van der Waals surface area contributed by atoms with Crippen LogP contribution >= 0.6 is 11.6 Å². The second-order valence-electron chi connectivity index (χ2n) is 2.58. The normalized spacial score (nSPS) is 45.8. The van der Waals surface area contributed by atoms with Gasteiger partial charge in [-0.05, 0) is 0 Å². The Balaban J connectivity index is 2.51. The molecule has 1 saturated heterocycles. The molecule has 0 aromatic carbocycles. The molecule has 0 spiro atoms. The second-order valence-corrected chi connectivity index (χ2v) is 2.89. The lowest BCUT2D eigenvalue weighted by Gasteiger charge is -2.33. The number of hydrogen-bond donors (Lipinski definition) is 3. The van der Waals surface area contributed by atoms with Gasteiger partial charge in [0.1, 0.15) is 12.2 Å². The van der Waals surface area contributed by atoms with Crippen LogP contribution in [-0.4, -0.2) is 45.8 Å². The third-order valence-corrected chi connectivity index (χ3v) is 2.01. The van der Waals surface area contributed by atoms with E-state index in [0.29, 0.717) is 0 Å². The summed E-state index contributed by atoms with van der Waals surface area (Å²) in [6.45, 7) is 0. The number of alkyl halides is 1. The molecule has 1 aliphatic heterocycles. The summed E-state index contributed by atoms with van der Waals surface area (Å²) in [5.74, 6) is 0.0648. The molecule has 3 N–H and O–H groups in total. The average Bonchev–Trinajstić information content (AvgIpc) is 1.96. The van der Waals surface area contributed by atoms with Gasteiger partial charge < -0.3 is 20.1 Å². The molecule has 1 fully saturated rings. The summed E-state index contributed by atoms with van der Waals surface area (Å²) < 4.78 is 4.83. The van der Waals surface area contributed by atoms with Crippen LogP contribution in [0.4, 0.5) is 0 Å². The highest BCUT2D eigenvalue weighted by Gasteiger charge is 2.35. The number of hydrogen-bond acceptors (Lipinski definition) is 4. The number of halogens is 1. The highest BCUT2D eigenvalue weighted by atomic mass is 35.5. The molecule has 0 aromatic rings. The zero-order valence-corrected chi connectivity index (χ0v) is 6.61. The Labute approximate surface area is 69.4 Å². The monoisotopic (exact) mass is 182 g/mol. The molecular weight excluding hydrogens is 172 g/mol. The van der Waals surface area contributed by atoms with Gasteiger partial charge in [0, 0.05) is 6.42 Å². The van der Waals surface area contributed by atoms with Gasteiger partial charge in [-0.1, -0.05) is 0 Å². The Morgan fingerprint density at radius 2 is 2.00 bits per heavy atom. The SMILES string of the molecule is OC1CC(O)C(O)C(CCl)O1. The Hall–Kier alpha value is 0.130. The number of aliphatic hydroxyl groups excluding tert-OH is 3. The third kappa shape index (κ3) is 2.04. The highest BCUT2D eigenvalue weighted by molar-refractivity contribution is 6.18. The molecule has 4 nitrogen and oxygen atoms in total. The summed E-state index contributed by atoms with van der Waals surface area (Å²) >= 11 is 5.40. The van der Waals surface area contributed by atoms with E-state index in [1.807, 2.05) is 0 Å². The first-order valence-electron chi connectivity index (χ1n) is 3.40. The van der Waals surface area contributed by atoms with E-state index in [2.05, 4.69) is 0 Å². The number of aliphatic hydroxyl groups is 3. The van der Waals surface area contributed by atoms with Gasteiger partial charge >= 0.3 is 0 Å². The highest BCUT2D eigenvalue weighted by Crippen LogP contribution is 2.19. The standard InChI is InChI=1S/C6H11ClO4/c7-2-4-6(10)3(8)1-5(9)11-4/h3-6,8-10H,1-2H2. The average molecular weight is 183 g/mol. The van der Waals surface area contributed by atoms with Crippen molar-refractivity contribution in [2.24, 2.45) is 0 Å². The number of ether oxygens (including phenoxy) is 1. The minimum Gasteiger partial charge on any atom is -0.390 e. The first-order chi connectivity index (χ1) is 5.15. The van der Waals surface area contributed by atoms with Crippen LogP contribution in [0, 0.1) is 0 Å². The van der Waals surface area contributed by atoms with E-state index >= 15 is 0 Å². The zero-order valence-electron chi connectivity index (χ0n) is 5.85. The van der Waals surface area contributed by atoms with Crippen LogP contribution < -0.4 is 0 Å². The first kappa shape index (κ1) is 9.22. The smallest absolute Gasteiger partial charge is 0.157 e. The Morgan fingerprint density at radius 1 is 1.36 bits per heavy atom. The Morgan fingerprint density at radius 3 is 2.55 bits per heavy atom. The lowest BCUT2D eigenvalue weighted by atomic mass is 10.0. The van der Waals surface area contributed by atoms with Crippen molar-refractivity contribution in [2.75, 3.05) is 5.88 Å². The van der Waals surface area contributed by atoms with Gasteiger partial charge in [-0.2, -0.15) is 0 Å². The molecule has 0 aromatic heterocycles. The van der Waals surface area contributed by atoms with Gasteiger partial charge in [0.25, 0.3) is 0 Å². The van der Waals surface area contributed by atoms with Crippen LogP contribution in [0.15, 0.2) is 0 Å². The Kier molecular flexibility index (Phi) is 3.09. The molecule has 4 atom stereocenters. The van der Waals surface area contributed by atoms with Crippen molar-refractivity contribution in [3.05, 3.63) is 0 Å².